The fraction of sp³-hybridized carbons (Fsp3) is 0.0133. The average molecular weight is 1010 g/mol. The molecule has 2 aliphatic rings. The van der Waals surface area contributed by atoms with Gasteiger partial charge in [-0.3, -0.25) is 0 Å². The number of benzene rings is 13. The molecule has 0 saturated heterocycles. The van der Waals surface area contributed by atoms with Crippen LogP contribution in [0.15, 0.2) is 255 Å². The van der Waals surface area contributed by atoms with Gasteiger partial charge in [0.15, 0.2) is 0 Å². The molecule has 19 rings (SSSR count). The molecule has 0 saturated carbocycles. The van der Waals surface area contributed by atoms with E-state index in [-0.39, 0.29) is 6.71 Å². The van der Waals surface area contributed by atoms with Crippen molar-refractivity contribution < 1.29 is 0 Å². The van der Waals surface area contributed by atoms with Crippen LogP contribution in [0.5, 0.6) is 0 Å². The van der Waals surface area contributed by atoms with E-state index in [9.17, 15) is 0 Å². The van der Waals surface area contributed by atoms with Gasteiger partial charge in [-0.25, -0.2) is 0 Å². The predicted molar refractivity (Wildman–Crippen MR) is 339 cm³/mol. The molecule has 4 aromatic heterocycles. The molecule has 0 amide bonds. The molecule has 6 heterocycles. The van der Waals surface area contributed by atoms with E-state index < -0.39 is 0 Å². The topological polar surface area (TPSA) is 19.7 Å². The normalized spacial score (nSPS) is 12.8. The fourth-order valence-corrected chi connectivity index (χ4v) is 15.4. The molecular formula is C75H45BN4. The minimum atomic E-state index is -0.122. The van der Waals surface area contributed by atoms with Gasteiger partial charge >= 0.3 is 0 Å². The third-order valence-electron chi connectivity index (χ3n) is 18.3. The van der Waals surface area contributed by atoms with Crippen molar-refractivity contribution in [1.82, 2.24) is 18.3 Å². The Morgan fingerprint density at radius 2 is 0.512 bits per heavy atom. The lowest BCUT2D eigenvalue weighted by molar-refractivity contribution is 1.18. The van der Waals surface area contributed by atoms with Gasteiger partial charge in [-0.15, -0.1) is 0 Å². The molecule has 0 spiro atoms. The van der Waals surface area contributed by atoms with E-state index in [0.29, 0.717) is 0 Å². The molecule has 0 unspecified atom stereocenters. The zero-order valence-corrected chi connectivity index (χ0v) is 43.6. The first-order valence-corrected chi connectivity index (χ1v) is 28.0. The first kappa shape index (κ1) is 42.7. The summed E-state index contributed by atoms with van der Waals surface area (Å²) in [7, 11) is 0. The molecule has 17 aromatic rings. The van der Waals surface area contributed by atoms with E-state index in [1.807, 2.05) is 0 Å². The quantitative estimate of drug-likeness (QED) is 0.157. The zero-order chi connectivity index (χ0) is 52.1. The third kappa shape index (κ3) is 5.32. The van der Waals surface area contributed by atoms with Crippen molar-refractivity contribution in [3.05, 3.63) is 260 Å². The number of hydrogen-bond donors (Lipinski definition) is 0. The molecule has 0 radical (unpaired) electrons. The highest BCUT2D eigenvalue weighted by Gasteiger charge is 2.42. The summed E-state index contributed by atoms with van der Waals surface area (Å²) in [6.45, 7) is 2.20. The Kier molecular flexibility index (Phi) is 8.24. The van der Waals surface area contributed by atoms with Crippen LogP contribution in [0.4, 0.5) is 0 Å². The van der Waals surface area contributed by atoms with Crippen LogP contribution in [-0.2, 0) is 0 Å². The maximum Gasteiger partial charge on any atom is 0.244 e. The second kappa shape index (κ2) is 15.4. The highest BCUT2D eigenvalue weighted by molar-refractivity contribution is 7.02. The van der Waals surface area contributed by atoms with Crippen LogP contribution < -0.4 is 16.4 Å². The zero-order valence-electron chi connectivity index (χ0n) is 43.6. The lowest BCUT2D eigenvalue weighted by Gasteiger charge is -2.35. The van der Waals surface area contributed by atoms with Crippen molar-refractivity contribution in [3.63, 3.8) is 0 Å². The molecule has 0 bridgehead atoms. The van der Waals surface area contributed by atoms with Gasteiger partial charge in [0.1, 0.15) is 0 Å². The number of hydrogen-bond acceptors (Lipinski definition) is 0. The minimum Gasteiger partial charge on any atom is -0.309 e. The Labute approximate surface area is 459 Å². The summed E-state index contributed by atoms with van der Waals surface area (Å²) in [5.41, 5.74) is 24.8. The Morgan fingerprint density at radius 1 is 0.237 bits per heavy atom. The van der Waals surface area contributed by atoms with E-state index in [4.69, 9.17) is 0 Å². The van der Waals surface area contributed by atoms with Gasteiger partial charge in [-0.1, -0.05) is 174 Å². The van der Waals surface area contributed by atoms with Gasteiger partial charge in [0.05, 0.1) is 44.1 Å². The van der Waals surface area contributed by atoms with Gasteiger partial charge in [0.25, 0.3) is 0 Å². The Balaban J connectivity index is 1.09. The lowest BCUT2D eigenvalue weighted by Crippen LogP contribution is -2.57. The molecule has 0 fully saturated rings. The smallest absolute Gasteiger partial charge is 0.244 e. The second-order valence-electron chi connectivity index (χ2n) is 22.3. The van der Waals surface area contributed by atoms with Crippen molar-refractivity contribution >= 4 is 132 Å². The summed E-state index contributed by atoms with van der Waals surface area (Å²) >= 11 is 0. The van der Waals surface area contributed by atoms with Crippen LogP contribution in [0.25, 0.3) is 154 Å². The molecule has 13 aromatic carbocycles. The molecular weight excluding hydrogens is 968 g/mol. The monoisotopic (exact) mass is 1010 g/mol. The molecule has 368 valence electrons. The summed E-state index contributed by atoms with van der Waals surface area (Å²) in [6, 6.07) is 96.0. The van der Waals surface area contributed by atoms with Gasteiger partial charge in [-0.05, 0) is 143 Å². The van der Waals surface area contributed by atoms with Crippen LogP contribution in [0.2, 0.25) is 0 Å². The molecule has 4 nitrogen and oxygen atoms in total. The Hall–Kier alpha value is -10.4. The van der Waals surface area contributed by atoms with Crippen LogP contribution in [0.3, 0.4) is 0 Å². The van der Waals surface area contributed by atoms with Crippen LogP contribution in [0, 0.1) is 6.92 Å². The molecule has 2 aliphatic heterocycles. The Bertz CT molecular complexity index is 5200. The van der Waals surface area contributed by atoms with Crippen LogP contribution in [0.1, 0.15) is 5.56 Å². The molecule has 0 N–H and O–H groups in total. The number of fused-ring (bicyclic) bond motifs is 20. The van der Waals surface area contributed by atoms with E-state index in [2.05, 4.69) is 280 Å². The van der Waals surface area contributed by atoms with Crippen molar-refractivity contribution in [2.45, 2.75) is 6.92 Å². The number of aryl methyl sites for hydroxylation is 1. The van der Waals surface area contributed by atoms with Crippen molar-refractivity contribution in [2.24, 2.45) is 0 Å². The summed E-state index contributed by atoms with van der Waals surface area (Å²) < 4.78 is 10.1. The number of aromatic nitrogens is 4. The summed E-state index contributed by atoms with van der Waals surface area (Å²) in [5, 5.41) is 15.5. The van der Waals surface area contributed by atoms with Crippen LogP contribution >= 0.6 is 0 Å². The van der Waals surface area contributed by atoms with Gasteiger partial charge in [0.2, 0.25) is 6.71 Å². The first-order chi connectivity index (χ1) is 39.7. The molecule has 0 aliphatic carbocycles. The second-order valence-corrected chi connectivity index (χ2v) is 22.3. The van der Waals surface area contributed by atoms with Crippen molar-refractivity contribution in [2.75, 3.05) is 0 Å². The van der Waals surface area contributed by atoms with Crippen molar-refractivity contribution in [1.29, 1.82) is 0 Å². The summed E-state index contributed by atoms with van der Waals surface area (Å²) in [5.74, 6) is 0. The summed E-state index contributed by atoms with van der Waals surface area (Å²) in [6.07, 6.45) is 0. The van der Waals surface area contributed by atoms with E-state index in [1.54, 1.807) is 0 Å². The number of para-hydroxylation sites is 8. The molecule has 80 heavy (non-hydrogen) atoms. The number of nitrogens with zero attached hydrogens (tertiary/aromatic N) is 4. The standard InChI is InChI=1S/C75H45BN4/c1-44-38-55-53-40-63-69(49-30-14-18-34-59(49)77(63)45-22-6-2-7-23-45)73-67(53)57(42-65-71(73)51-32-16-20-36-61(51)79(65)47-26-10-4-11-27-47)76-58-43-66-72(52-33-17-21-37-62(52)80(66)48-28-12-5-13-29-48)74-68(58)54(56(39-44)75(55)76)41-64-70(74)50-31-15-19-35-60(50)78(64)46-24-8-3-9-25-46/h2-43H,1H3. The average Bonchev–Trinajstić information content (AvgIpc) is 3.95. The first-order valence-electron chi connectivity index (χ1n) is 28.0. The van der Waals surface area contributed by atoms with E-state index >= 15 is 0 Å². The maximum atomic E-state index is 2.63. The minimum absolute atomic E-state index is 0.122. The summed E-state index contributed by atoms with van der Waals surface area (Å²) in [4.78, 5) is 0. The molecule has 0 atom stereocenters. The lowest BCUT2D eigenvalue weighted by atomic mass is 9.31. The highest BCUT2D eigenvalue weighted by atomic mass is 15.0. The SMILES string of the molecule is Cc1cc2c3c(c1)-c1cc4c(c5ccccc5n4-c4ccccc4)c4c1c(cc1c4c4ccccc4n1-c1ccccc1)B3c1cc3c(c4ccccc4n3-c3ccccc3)c3c1c-2cc1c3c2ccccc2n1-c1ccccc1. The van der Waals surface area contributed by atoms with E-state index in [1.165, 1.54) is 153 Å². The highest BCUT2D eigenvalue weighted by Crippen LogP contribution is 2.52. The Morgan fingerprint density at radius 3 is 0.825 bits per heavy atom. The van der Waals surface area contributed by atoms with E-state index in [0.717, 1.165) is 22.7 Å². The third-order valence-corrected chi connectivity index (χ3v) is 18.3. The fourth-order valence-electron chi connectivity index (χ4n) is 15.4. The van der Waals surface area contributed by atoms with Gasteiger partial charge < -0.3 is 18.3 Å². The maximum absolute atomic E-state index is 2.63. The van der Waals surface area contributed by atoms with Gasteiger partial charge in [-0.2, -0.15) is 0 Å². The van der Waals surface area contributed by atoms with Crippen molar-refractivity contribution in [3.8, 4) is 45.0 Å². The predicted octanol–water partition coefficient (Wildman–Crippen LogP) is 17.2. The largest absolute Gasteiger partial charge is 0.309 e. The van der Waals surface area contributed by atoms with Gasteiger partial charge in [0, 0.05) is 76.6 Å². The van der Waals surface area contributed by atoms with Crippen LogP contribution in [-0.4, -0.2) is 25.0 Å². The number of rotatable bonds is 4. The molecule has 5 heteroatoms.